The van der Waals surface area contributed by atoms with Gasteiger partial charge in [-0.1, -0.05) is 37.6 Å². The molecule has 1 aromatic rings. The van der Waals surface area contributed by atoms with Crippen LogP contribution < -0.4 is 10.9 Å². The Labute approximate surface area is 166 Å². The van der Waals surface area contributed by atoms with Gasteiger partial charge in [0.05, 0.1) is 5.70 Å². The van der Waals surface area contributed by atoms with E-state index in [1.165, 1.54) is 18.9 Å². The molecule has 1 heterocycles. The van der Waals surface area contributed by atoms with Crippen LogP contribution in [0.15, 0.2) is 35.1 Å². The van der Waals surface area contributed by atoms with Gasteiger partial charge in [-0.2, -0.15) is 22.9 Å². The van der Waals surface area contributed by atoms with E-state index in [-0.39, 0.29) is 10.7 Å². The first-order valence-electron chi connectivity index (χ1n) is 8.41. The Balaban J connectivity index is 2.52. The first kappa shape index (κ1) is 22.7. The van der Waals surface area contributed by atoms with Crippen LogP contribution in [0.4, 0.5) is 17.6 Å². The zero-order valence-corrected chi connectivity index (χ0v) is 17.0. The second kappa shape index (κ2) is 8.44. The van der Waals surface area contributed by atoms with E-state index in [1.54, 1.807) is 6.92 Å². The van der Waals surface area contributed by atoms with Crippen LogP contribution in [0.2, 0.25) is 0 Å². The van der Waals surface area contributed by atoms with E-state index >= 15 is 0 Å². The lowest BCUT2D eigenvalue weighted by Gasteiger charge is -2.41. The van der Waals surface area contributed by atoms with Crippen molar-refractivity contribution in [2.45, 2.75) is 38.0 Å². The summed E-state index contributed by atoms with van der Waals surface area (Å²) in [5.74, 6) is -0.721. The van der Waals surface area contributed by atoms with E-state index in [4.69, 9.17) is 11.6 Å². The van der Waals surface area contributed by atoms with Gasteiger partial charge in [-0.15, -0.1) is 0 Å². The Hall–Kier alpha value is -1.56. The molecule has 2 atom stereocenters. The molecule has 0 aliphatic carbocycles. The molecule has 12 heteroatoms. The van der Waals surface area contributed by atoms with Crippen molar-refractivity contribution in [3.63, 3.8) is 0 Å². The normalized spacial score (nSPS) is 19.8. The van der Waals surface area contributed by atoms with Crippen LogP contribution in [-0.4, -0.2) is 42.9 Å². The Kier molecular flexibility index (Phi) is 6.85. The standard InChI is InChI=1S/C16H21ClF4N4O2S/c1-4-12-14(17)22-23-15(24(12)3)28(26,27)25(5-2)13(16(19,20)21)10-6-8-11(18)9-7-10/h6-9,13,15,22-23H,4-5H2,1-3H3/t13-,15?/m1/s1. The summed E-state index contributed by atoms with van der Waals surface area (Å²) in [5, 5.41) is 0.158. The predicted octanol–water partition coefficient (Wildman–Crippen LogP) is 3.22. The summed E-state index contributed by atoms with van der Waals surface area (Å²) in [6, 6.07) is 1.11. The summed E-state index contributed by atoms with van der Waals surface area (Å²) in [7, 11) is -3.13. The number of rotatable bonds is 6. The Morgan fingerprint density at radius 2 is 1.82 bits per heavy atom. The molecule has 0 saturated heterocycles. The molecule has 0 bridgehead atoms. The van der Waals surface area contributed by atoms with Crippen LogP contribution in [0.3, 0.4) is 0 Å². The molecule has 28 heavy (non-hydrogen) atoms. The van der Waals surface area contributed by atoms with Crippen molar-refractivity contribution in [2.75, 3.05) is 13.6 Å². The lowest BCUT2D eigenvalue weighted by atomic mass is 10.1. The highest BCUT2D eigenvalue weighted by Gasteiger charge is 2.51. The highest BCUT2D eigenvalue weighted by molar-refractivity contribution is 7.89. The third-order valence-electron chi connectivity index (χ3n) is 4.38. The number of sulfonamides is 1. The van der Waals surface area contributed by atoms with E-state index < -0.39 is 40.1 Å². The summed E-state index contributed by atoms with van der Waals surface area (Å²) >= 11 is 5.99. The van der Waals surface area contributed by atoms with Crippen molar-refractivity contribution in [2.24, 2.45) is 0 Å². The molecule has 2 N–H and O–H groups in total. The smallest absolute Gasteiger partial charge is 0.345 e. The summed E-state index contributed by atoms with van der Waals surface area (Å²) in [5.41, 5.74) is 3.45. The zero-order chi connectivity index (χ0) is 21.3. The van der Waals surface area contributed by atoms with Gasteiger partial charge in [-0.3, -0.25) is 0 Å². The summed E-state index contributed by atoms with van der Waals surface area (Å²) in [6.07, 6.45) is -4.55. The largest absolute Gasteiger partial charge is 0.409 e. The van der Waals surface area contributed by atoms with E-state index in [0.717, 1.165) is 24.3 Å². The Morgan fingerprint density at radius 1 is 1.25 bits per heavy atom. The van der Waals surface area contributed by atoms with E-state index in [2.05, 4.69) is 10.9 Å². The van der Waals surface area contributed by atoms with Gasteiger partial charge in [-0.05, 0) is 24.1 Å². The molecule has 1 aliphatic rings. The van der Waals surface area contributed by atoms with Crippen LogP contribution >= 0.6 is 11.6 Å². The van der Waals surface area contributed by atoms with Crippen molar-refractivity contribution in [1.29, 1.82) is 0 Å². The molecule has 6 nitrogen and oxygen atoms in total. The van der Waals surface area contributed by atoms with Gasteiger partial charge in [0.1, 0.15) is 17.0 Å². The topological polar surface area (TPSA) is 64.7 Å². The van der Waals surface area contributed by atoms with Gasteiger partial charge >= 0.3 is 6.18 Å². The first-order chi connectivity index (χ1) is 12.9. The number of nitrogens with one attached hydrogen (secondary N) is 2. The van der Waals surface area contributed by atoms with Crippen LogP contribution in [0.1, 0.15) is 31.9 Å². The van der Waals surface area contributed by atoms with Crippen LogP contribution in [-0.2, 0) is 10.0 Å². The number of hydrogen-bond donors (Lipinski definition) is 2. The van der Waals surface area contributed by atoms with Gasteiger partial charge in [0, 0.05) is 13.6 Å². The average molecular weight is 445 g/mol. The van der Waals surface area contributed by atoms with Crippen molar-refractivity contribution in [3.05, 3.63) is 46.5 Å². The summed E-state index contributed by atoms with van der Waals surface area (Å²) < 4.78 is 81.4. The van der Waals surface area contributed by atoms with Gasteiger partial charge in [0.2, 0.25) is 5.50 Å². The number of alkyl halides is 3. The second-order valence-electron chi connectivity index (χ2n) is 6.09. The minimum absolute atomic E-state index is 0.158. The maximum Gasteiger partial charge on any atom is 0.409 e. The molecule has 1 aromatic carbocycles. The lowest BCUT2D eigenvalue weighted by molar-refractivity contribution is -0.173. The first-order valence-corrected chi connectivity index (χ1v) is 10.3. The second-order valence-corrected chi connectivity index (χ2v) is 8.41. The molecule has 0 aromatic heterocycles. The SMILES string of the molecule is CCC1=C(Cl)NNC(S(=O)(=O)N(CC)[C@H](c2ccc(F)cc2)C(F)(F)F)N1C. The molecule has 2 rings (SSSR count). The summed E-state index contributed by atoms with van der Waals surface area (Å²) in [6.45, 7) is 2.59. The number of allylic oxidation sites excluding steroid dienone is 1. The molecular formula is C16H21ClF4N4O2S. The van der Waals surface area contributed by atoms with E-state index in [0.29, 0.717) is 16.4 Å². The molecule has 0 spiro atoms. The molecule has 1 unspecified atom stereocenters. The summed E-state index contributed by atoms with van der Waals surface area (Å²) in [4.78, 5) is 1.27. The van der Waals surface area contributed by atoms with Gasteiger partial charge in [0.15, 0.2) is 0 Å². The molecule has 158 valence electrons. The fourth-order valence-electron chi connectivity index (χ4n) is 3.07. The van der Waals surface area contributed by atoms with Crippen LogP contribution in [0.25, 0.3) is 0 Å². The van der Waals surface area contributed by atoms with Crippen molar-refractivity contribution in [3.8, 4) is 0 Å². The van der Waals surface area contributed by atoms with Crippen LogP contribution in [0.5, 0.6) is 0 Å². The predicted molar refractivity (Wildman–Crippen MR) is 97.5 cm³/mol. The number of halogens is 5. The maximum atomic E-state index is 13.9. The number of hydrazine groups is 1. The highest BCUT2D eigenvalue weighted by Crippen LogP contribution is 2.40. The van der Waals surface area contributed by atoms with Gasteiger partial charge in [-0.25, -0.2) is 12.8 Å². The van der Waals surface area contributed by atoms with E-state index in [9.17, 15) is 26.0 Å². The average Bonchev–Trinajstić information content (AvgIpc) is 2.59. The highest BCUT2D eigenvalue weighted by atomic mass is 35.5. The third kappa shape index (κ3) is 4.37. The van der Waals surface area contributed by atoms with Crippen molar-refractivity contribution < 1.29 is 26.0 Å². The maximum absolute atomic E-state index is 13.9. The third-order valence-corrected chi connectivity index (χ3v) is 6.81. The fourth-order valence-corrected chi connectivity index (χ4v) is 5.28. The molecule has 0 fully saturated rings. The fraction of sp³-hybridized carbons (Fsp3) is 0.500. The number of nitrogens with zero attached hydrogens (tertiary/aromatic N) is 2. The molecule has 0 amide bonds. The van der Waals surface area contributed by atoms with Crippen molar-refractivity contribution in [1.82, 2.24) is 20.1 Å². The number of benzene rings is 1. The minimum atomic E-state index is -4.91. The van der Waals surface area contributed by atoms with E-state index in [1.807, 2.05) is 0 Å². The molecule has 0 radical (unpaired) electrons. The van der Waals surface area contributed by atoms with Gasteiger partial charge < -0.3 is 10.3 Å². The Morgan fingerprint density at radius 3 is 2.29 bits per heavy atom. The van der Waals surface area contributed by atoms with Crippen molar-refractivity contribution >= 4 is 21.6 Å². The molecule has 1 aliphatic heterocycles. The van der Waals surface area contributed by atoms with Gasteiger partial charge in [0.25, 0.3) is 10.0 Å². The lowest BCUT2D eigenvalue weighted by Crippen LogP contribution is -2.61. The Bertz CT molecular complexity index is 830. The van der Waals surface area contributed by atoms with Crippen LogP contribution in [0, 0.1) is 5.82 Å². The number of hydrogen-bond acceptors (Lipinski definition) is 5. The monoisotopic (exact) mass is 444 g/mol. The minimum Gasteiger partial charge on any atom is -0.345 e. The molecular weight excluding hydrogens is 424 g/mol. The molecule has 0 saturated carbocycles. The zero-order valence-electron chi connectivity index (χ0n) is 15.4. The quantitative estimate of drug-likeness (QED) is 0.521.